The van der Waals surface area contributed by atoms with Crippen LogP contribution in [0.15, 0.2) is 6.20 Å². The van der Waals surface area contributed by atoms with E-state index in [1.54, 1.807) is 13.3 Å². The van der Waals surface area contributed by atoms with Crippen molar-refractivity contribution in [1.82, 2.24) is 20.3 Å². The van der Waals surface area contributed by atoms with Gasteiger partial charge in [-0.1, -0.05) is 5.21 Å². The topological polar surface area (TPSA) is 95.1 Å². The molecule has 0 spiro atoms. The van der Waals surface area contributed by atoms with Crippen LogP contribution in [0.5, 0.6) is 0 Å². The first-order valence-electron chi connectivity index (χ1n) is 5.53. The molecular weight excluding hydrogens is 222 g/mol. The Hall–Kier alpha value is -1.47. The molecule has 1 unspecified atom stereocenters. The normalized spacial score (nSPS) is 12.4. The molecule has 1 atom stereocenters. The number of rotatable bonds is 7. The molecule has 7 nitrogen and oxygen atoms in total. The van der Waals surface area contributed by atoms with Crippen molar-refractivity contribution >= 4 is 5.91 Å². The second kappa shape index (κ2) is 6.97. The maximum absolute atomic E-state index is 11.6. The Labute approximate surface area is 100 Å². The largest absolute Gasteiger partial charge is 0.383 e. The van der Waals surface area contributed by atoms with Gasteiger partial charge in [0.25, 0.3) is 0 Å². The van der Waals surface area contributed by atoms with E-state index < -0.39 is 0 Å². The van der Waals surface area contributed by atoms with E-state index in [-0.39, 0.29) is 18.5 Å². The highest BCUT2D eigenvalue weighted by Gasteiger charge is 2.09. The van der Waals surface area contributed by atoms with Crippen LogP contribution in [0, 0.1) is 0 Å². The van der Waals surface area contributed by atoms with Gasteiger partial charge >= 0.3 is 0 Å². The van der Waals surface area contributed by atoms with Gasteiger partial charge in [0.05, 0.1) is 12.3 Å². The molecule has 17 heavy (non-hydrogen) atoms. The number of aromatic nitrogens is 3. The van der Waals surface area contributed by atoms with Gasteiger partial charge in [0, 0.05) is 25.8 Å². The standard InChI is InChI=1S/C10H19N5O2/c1-8(7-17-2)12-10(16)6-15-5-9(3-4-11)13-14-15/h5,8H,3-4,6-7,11H2,1-2H3,(H,12,16). The van der Waals surface area contributed by atoms with Gasteiger partial charge in [0.1, 0.15) is 6.54 Å². The van der Waals surface area contributed by atoms with Crippen molar-refractivity contribution in [3.05, 3.63) is 11.9 Å². The van der Waals surface area contributed by atoms with Crippen LogP contribution in [-0.2, 0) is 22.5 Å². The molecule has 3 N–H and O–H groups in total. The number of hydrogen-bond acceptors (Lipinski definition) is 5. The van der Waals surface area contributed by atoms with Crippen molar-refractivity contribution in [2.24, 2.45) is 5.73 Å². The zero-order valence-electron chi connectivity index (χ0n) is 10.2. The van der Waals surface area contributed by atoms with Gasteiger partial charge in [-0.25, -0.2) is 4.68 Å². The predicted octanol–water partition coefficient (Wildman–Crippen LogP) is -1.07. The Balaban J connectivity index is 2.39. The maximum Gasteiger partial charge on any atom is 0.242 e. The monoisotopic (exact) mass is 241 g/mol. The van der Waals surface area contributed by atoms with E-state index in [0.29, 0.717) is 19.6 Å². The van der Waals surface area contributed by atoms with E-state index in [0.717, 1.165) is 5.69 Å². The number of nitrogens with two attached hydrogens (primary N) is 1. The summed E-state index contributed by atoms with van der Waals surface area (Å²) < 4.78 is 6.43. The fourth-order valence-electron chi connectivity index (χ4n) is 1.44. The van der Waals surface area contributed by atoms with E-state index in [9.17, 15) is 4.79 Å². The first-order valence-corrected chi connectivity index (χ1v) is 5.53. The van der Waals surface area contributed by atoms with Crippen LogP contribution < -0.4 is 11.1 Å². The van der Waals surface area contributed by atoms with E-state index in [4.69, 9.17) is 10.5 Å². The quantitative estimate of drug-likeness (QED) is 0.634. The second-order valence-electron chi connectivity index (χ2n) is 3.87. The summed E-state index contributed by atoms with van der Waals surface area (Å²) in [6, 6.07) is -0.0143. The lowest BCUT2D eigenvalue weighted by molar-refractivity contribution is -0.122. The summed E-state index contributed by atoms with van der Waals surface area (Å²) in [4.78, 5) is 11.6. The first-order chi connectivity index (χ1) is 8.15. The molecule has 1 rings (SSSR count). The van der Waals surface area contributed by atoms with Crippen LogP contribution in [0.25, 0.3) is 0 Å². The van der Waals surface area contributed by atoms with Crippen LogP contribution in [0.2, 0.25) is 0 Å². The van der Waals surface area contributed by atoms with Gasteiger partial charge in [-0.05, 0) is 13.5 Å². The minimum absolute atomic E-state index is 0.0143. The summed E-state index contributed by atoms with van der Waals surface area (Å²) in [7, 11) is 1.60. The third-order valence-electron chi connectivity index (χ3n) is 2.12. The molecule has 0 saturated carbocycles. The number of ether oxygens (including phenoxy) is 1. The minimum Gasteiger partial charge on any atom is -0.383 e. The molecule has 0 saturated heterocycles. The van der Waals surface area contributed by atoms with Crippen molar-refractivity contribution in [3.8, 4) is 0 Å². The summed E-state index contributed by atoms with van der Waals surface area (Å²) in [6.07, 6.45) is 2.40. The molecule has 1 heterocycles. The molecule has 0 aromatic carbocycles. The van der Waals surface area contributed by atoms with E-state index >= 15 is 0 Å². The Morgan fingerprint density at radius 1 is 1.71 bits per heavy atom. The molecular formula is C10H19N5O2. The fourth-order valence-corrected chi connectivity index (χ4v) is 1.44. The van der Waals surface area contributed by atoms with Crippen molar-refractivity contribution in [2.75, 3.05) is 20.3 Å². The number of nitrogens with one attached hydrogen (secondary N) is 1. The zero-order valence-corrected chi connectivity index (χ0v) is 10.2. The van der Waals surface area contributed by atoms with E-state index in [2.05, 4.69) is 15.6 Å². The van der Waals surface area contributed by atoms with Crippen LogP contribution in [-0.4, -0.2) is 47.2 Å². The van der Waals surface area contributed by atoms with Crippen molar-refractivity contribution in [3.63, 3.8) is 0 Å². The minimum atomic E-state index is -0.112. The lowest BCUT2D eigenvalue weighted by Gasteiger charge is -2.12. The van der Waals surface area contributed by atoms with E-state index in [1.165, 1.54) is 4.68 Å². The van der Waals surface area contributed by atoms with Gasteiger partial charge in [-0.2, -0.15) is 0 Å². The fraction of sp³-hybridized carbons (Fsp3) is 0.700. The third kappa shape index (κ3) is 4.92. The SMILES string of the molecule is COCC(C)NC(=O)Cn1cc(CCN)nn1. The smallest absolute Gasteiger partial charge is 0.242 e. The molecule has 0 bridgehead atoms. The Bertz CT molecular complexity index is 352. The van der Waals surface area contributed by atoms with Gasteiger partial charge < -0.3 is 15.8 Å². The van der Waals surface area contributed by atoms with E-state index in [1.807, 2.05) is 6.92 Å². The first kappa shape index (κ1) is 13.6. The summed E-state index contributed by atoms with van der Waals surface area (Å²) in [5, 5.41) is 10.5. The Kier molecular flexibility index (Phi) is 5.58. The Morgan fingerprint density at radius 3 is 3.12 bits per heavy atom. The number of carbonyl (C=O) groups is 1. The van der Waals surface area contributed by atoms with Crippen molar-refractivity contribution < 1.29 is 9.53 Å². The Morgan fingerprint density at radius 2 is 2.47 bits per heavy atom. The van der Waals surface area contributed by atoms with Gasteiger partial charge in [-0.15, -0.1) is 5.10 Å². The second-order valence-corrected chi connectivity index (χ2v) is 3.87. The van der Waals surface area contributed by atoms with Crippen molar-refractivity contribution in [1.29, 1.82) is 0 Å². The number of carbonyl (C=O) groups excluding carboxylic acids is 1. The average molecular weight is 241 g/mol. The van der Waals surface area contributed by atoms with Gasteiger partial charge in [-0.3, -0.25) is 4.79 Å². The van der Waals surface area contributed by atoms with Gasteiger partial charge in [0.2, 0.25) is 5.91 Å². The van der Waals surface area contributed by atoms with Crippen LogP contribution >= 0.6 is 0 Å². The molecule has 1 aromatic heterocycles. The third-order valence-corrected chi connectivity index (χ3v) is 2.12. The number of amides is 1. The molecule has 0 fully saturated rings. The summed E-state index contributed by atoms with van der Waals surface area (Å²) in [5.74, 6) is -0.112. The zero-order chi connectivity index (χ0) is 12.7. The lowest BCUT2D eigenvalue weighted by Crippen LogP contribution is -2.37. The molecule has 0 radical (unpaired) electrons. The molecule has 96 valence electrons. The summed E-state index contributed by atoms with van der Waals surface area (Å²) in [5.41, 5.74) is 6.20. The molecule has 0 aliphatic carbocycles. The highest BCUT2D eigenvalue weighted by atomic mass is 16.5. The highest BCUT2D eigenvalue weighted by molar-refractivity contribution is 5.75. The van der Waals surface area contributed by atoms with Crippen molar-refractivity contribution in [2.45, 2.75) is 25.9 Å². The summed E-state index contributed by atoms with van der Waals surface area (Å²) >= 11 is 0. The van der Waals surface area contributed by atoms with Crippen LogP contribution in [0.3, 0.4) is 0 Å². The molecule has 1 amide bonds. The van der Waals surface area contributed by atoms with Gasteiger partial charge in [0.15, 0.2) is 0 Å². The van der Waals surface area contributed by atoms with Crippen LogP contribution in [0.1, 0.15) is 12.6 Å². The summed E-state index contributed by atoms with van der Waals surface area (Å²) in [6.45, 7) is 3.05. The predicted molar refractivity (Wildman–Crippen MR) is 62.3 cm³/mol. The molecule has 0 aliphatic heterocycles. The maximum atomic E-state index is 11.6. The molecule has 7 heteroatoms. The average Bonchev–Trinajstić information content (AvgIpc) is 2.66. The molecule has 1 aromatic rings. The number of nitrogens with zero attached hydrogens (tertiary/aromatic N) is 3. The molecule has 0 aliphatic rings. The number of hydrogen-bond donors (Lipinski definition) is 2. The lowest BCUT2D eigenvalue weighted by atomic mass is 10.3. The van der Waals surface area contributed by atoms with Crippen LogP contribution in [0.4, 0.5) is 0 Å². The number of methoxy groups -OCH3 is 1. The highest BCUT2D eigenvalue weighted by Crippen LogP contribution is 1.93.